The Hall–Kier alpha value is -3.41. The number of rotatable bonds is 5. The number of aliphatic imine (C=N–C) groups is 1. The number of benzene rings is 1. The van der Waals surface area contributed by atoms with Crippen molar-refractivity contribution in [2.24, 2.45) is 4.99 Å². The Morgan fingerprint density at radius 3 is 2.71 bits per heavy atom. The van der Waals surface area contributed by atoms with Crippen molar-refractivity contribution in [2.45, 2.75) is 10.6 Å². The van der Waals surface area contributed by atoms with E-state index in [4.69, 9.17) is 11.6 Å². The van der Waals surface area contributed by atoms with Gasteiger partial charge in [-0.05, 0) is 53.9 Å². The van der Waals surface area contributed by atoms with Gasteiger partial charge in [-0.2, -0.15) is 0 Å². The Balaban J connectivity index is 1.27. The number of hydrogen-bond donors (Lipinski definition) is 2. The molecule has 5 rings (SSSR count). The van der Waals surface area contributed by atoms with Gasteiger partial charge in [0.2, 0.25) is 5.91 Å². The van der Waals surface area contributed by atoms with Gasteiger partial charge in [0.05, 0.1) is 33.4 Å². The standard InChI is InChI=1S/C23H19ClN6O3S2/c1-29-9-8-25-21(29)13-2-4-16-14(10-13)11-19(31)30(22(16)32)18-6-3-15(12-26-18)27-23(33)28-35-20-7-5-17(24)34-20/h2-7,10,12H,8-9,11H2,1H3,(H2,27,28,33). The van der Waals surface area contributed by atoms with E-state index in [-0.39, 0.29) is 18.1 Å². The number of fused-ring (bicyclic) bond motifs is 1. The van der Waals surface area contributed by atoms with Gasteiger partial charge in [0.15, 0.2) is 0 Å². The first-order chi connectivity index (χ1) is 16.9. The number of nitrogens with zero attached hydrogens (tertiary/aromatic N) is 4. The summed E-state index contributed by atoms with van der Waals surface area (Å²) < 4.78 is 4.13. The molecule has 0 bridgehead atoms. The minimum absolute atomic E-state index is 0.0833. The highest BCUT2D eigenvalue weighted by molar-refractivity contribution is 7.99. The summed E-state index contributed by atoms with van der Waals surface area (Å²) >= 11 is 8.38. The molecule has 0 spiro atoms. The number of amides is 4. The third-order valence-corrected chi connectivity index (χ3v) is 7.62. The summed E-state index contributed by atoms with van der Waals surface area (Å²) in [5.74, 6) is 0.268. The summed E-state index contributed by atoms with van der Waals surface area (Å²) in [6.45, 7) is 1.58. The molecule has 3 aromatic rings. The average molecular weight is 527 g/mol. The van der Waals surface area contributed by atoms with Crippen LogP contribution in [-0.4, -0.2) is 53.7 Å². The molecule has 0 radical (unpaired) electrons. The van der Waals surface area contributed by atoms with Crippen LogP contribution in [0.3, 0.4) is 0 Å². The summed E-state index contributed by atoms with van der Waals surface area (Å²) in [5, 5.41) is 2.66. The molecule has 2 aromatic heterocycles. The van der Waals surface area contributed by atoms with Crippen molar-refractivity contribution in [2.75, 3.05) is 30.4 Å². The van der Waals surface area contributed by atoms with E-state index in [1.54, 1.807) is 24.3 Å². The number of amidine groups is 1. The molecule has 2 aliphatic rings. The van der Waals surface area contributed by atoms with Crippen LogP contribution in [0.5, 0.6) is 0 Å². The number of hydrogen-bond acceptors (Lipinski definition) is 8. The molecule has 0 unspecified atom stereocenters. The maximum atomic E-state index is 13.1. The number of aromatic nitrogens is 1. The maximum absolute atomic E-state index is 13.1. The molecule has 0 saturated heterocycles. The predicted octanol–water partition coefficient (Wildman–Crippen LogP) is 4.05. The molecule has 0 fully saturated rings. The lowest BCUT2D eigenvalue weighted by molar-refractivity contribution is -0.117. The number of carbonyl (C=O) groups excluding carboxylic acids is 3. The third kappa shape index (κ3) is 4.88. The molecule has 0 atom stereocenters. The average Bonchev–Trinajstić information content (AvgIpc) is 3.46. The fraction of sp³-hybridized carbons (Fsp3) is 0.174. The molecule has 0 aliphatic carbocycles. The molecule has 1 aromatic carbocycles. The van der Waals surface area contributed by atoms with E-state index in [0.717, 1.165) is 45.5 Å². The van der Waals surface area contributed by atoms with Crippen molar-refractivity contribution < 1.29 is 14.4 Å². The summed E-state index contributed by atoms with van der Waals surface area (Å²) in [5.41, 5.74) is 2.45. The third-order valence-electron chi connectivity index (χ3n) is 5.47. The van der Waals surface area contributed by atoms with Crippen LogP contribution < -0.4 is 14.9 Å². The van der Waals surface area contributed by atoms with Gasteiger partial charge in [-0.25, -0.2) is 14.7 Å². The molecule has 4 heterocycles. The van der Waals surface area contributed by atoms with Crippen LogP contribution in [0.15, 0.2) is 57.9 Å². The molecule has 178 valence electrons. The van der Waals surface area contributed by atoms with Crippen molar-refractivity contribution in [3.8, 4) is 0 Å². The molecular weight excluding hydrogens is 508 g/mol. The first-order valence-electron chi connectivity index (χ1n) is 10.6. The lowest BCUT2D eigenvalue weighted by Gasteiger charge is -2.26. The lowest BCUT2D eigenvalue weighted by Crippen LogP contribution is -2.43. The Morgan fingerprint density at radius 2 is 2.03 bits per heavy atom. The summed E-state index contributed by atoms with van der Waals surface area (Å²) in [6.07, 6.45) is 1.48. The van der Waals surface area contributed by atoms with Crippen molar-refractivity contribution >= 4 is 70.1 Å². The second-order valence-corrected chi connectivity index (χ2v) is 10.7. The van der Waals surface area contributed by atoms with Gasteiger partial charge < -0.3 is 10.2 Å². The van der Waals surface area contributed by atoms with Crippen LogP contribution in [0.1, 0.15) is 21.5 Å². The van der Waals surface area contributed by atoms with Crippen molar-refractivity contribution in [3.63, 3.8) is 0 Å². The predicted molar refractivity (Wildman–Crippen MR) is 138 cm³/mol. The second-order valence-electron chi connectivity index (χ2n) is 7.83. The van der Waals surface area contributed by atoms with Crippen LogP contribution in [0.25, 0.3) is 0 Å². The summed E-state index contributed by atoms with van der Waals surface area (Å²) in [7, 11) is 1.97. The Bertz CT molecular complexity index is 1360. The van der Waals surface area contributed by atoms with Crippen LogP contribution >= 0.6 is 34.9 Å². The van der Waals surface area contributed by atoms with Gasteiger partial charge in [-0.15, -0.1) is 11.3 Å². The zero-order valence-corrected chi connectivity index (χ0v) is 20.8. The molecule has 12 heteroatoms. The first-order valence-corrected chi connectivity index (χ1v) is 12.6. The second kappa shape index (κ2) is 9.68. The number of thiophene rings is 1. The van der Waals surface area contributed by atoms with Crippen LogP contribution in [-0.2, 0) is 11.2 Å². The van der Waals surface area contributed by atoms with E-state index < -0.39 is 11.9 Å². The number of pyridine rings is 1. The smallest absolute Gasteiger partial charge is 0.329 e. The number of anilines is 2. The van der Waals surface area contributed by atoms with Gasteiger partial charge in [0.1, 0.15) is 11.7 Å². The molecule has 2 aliphatic heterocycles. The highest BCUT2D eigenvalue weighted by Crippen LogP contribution is 2.29. The fourth-order valence-electron chi connectivity index (χ4n) is 3.84. The van der Waals surface area contributed by atoms with Gasteiger partial charge in [0.25, 0.3) is 5.91 Å². The minimum Gasteiger partial charge on any atom is -0.358 e. The minimum atomic E-state index is -0.443. The zero-order chi connectivity index (χ0) is 24.5. The van der Waals surface area contributed by atoms with E-state index in [2.05, 4.69) is 24.9 Å². The fourth-order valence-corrected chi connectivity index (χ4v) is 5.69. The Kier molecular flexibility index (Phi) is 6.46. The van der Waals surface area contributed by atoms with Crippen LogP contribution in [0.2, 0.25) is 4.34 Å². The normalized spacial score (nSPS) is 15.2. The number of urea groups is 1. The highest BCUT2D eigenvalue weighted by Gasteiger charge is 2.33. The number of carbonyl (C=O) groups is 3. The van der Waals surface area contributed by atoms with Gasteiger partial charge >= 0.3 is 6.03 Å². The Labute approximate surface area is 214 Å². The van der Waals surface area contributed by atoms with Gasteiger partial charge in [0, 0.05) is 24.7 Å². The molecule has 0 saturated carbocycles. The molecule has 4 amide bonds. The molecule has 35 heavy (non-hydrogen) atoms. The molecule has 9 nitrogen and oxygen atoms in total. The summed E-state index contributed by atoms with van der Waals surface area (Å²) in [4.78, 5) is 50.0. The van der Waals surface area contributed by atoms with E-state index in [1.807, 2.05) is 19.2 Å². The SMILES string of the molecule is CN1CCN=C1c1ccc2c(c1)CC(=O)N(c1ccc(NC(=O)NSc3ccc(Cl)s3)cn1)C2=O. The van der Waals surface area contributed by atoms with Crippen molar-refractivity contribution in [1.82, 2.24) is 14.6 Å². The summed E-state index contributed by atoms with van der Waals surface area (Å²) in [6, 6.07) is 11.7. The van der Waals surface area contributed by atoms with Crippen molar-refractivity contribution in [3.05, 3.63) is 69.7 Å². The largest absolute Gasteiger partial charge is 0.358 e. The monoisotopic (exact) mass is 526 g/mol. The molecule has 2 N–H and O–H groups in total. The Morgan fingerprint density at radius 1 is 1.17 bits per heavy atom. The van der Waals surface area contributed by atoms with E-state index in [0.29, 0.717) is 21.2 Å². The van der Waals surface area contributed by atoms with Crippen LogP contribution in [0, 0.1) is 0 Å². The topological polar surface area (TPSA) is 107 Å². The number of likely N-dealkylation sites (N-methyl/N-ethyl adjacent to an activating group) is 1. The zero-order valence-electron chi connectivity index (χ0n) is 18.4. The quantitative estimate of drug-likeness (QED) is 0.384. The maximum Gasteiger partial charge on any atom is 0.329 e. The first kappa shape index (κ1) is 23.3. The number of imide groups is 1. The van der Waals surface area contributed by atoms with Crippen LogP contribution in [0.4, 0.5) is 16.3 Å². The number of nitrogens with one attached hydrogen (secondary N) is 2. The van der Waals surface area contributed by atoms with Gasteiger partial charge in [-0.1, -0.05) is 17.7 Å². The van der Waals surface area contributed by atoms with Crippen molar-refractivity contribution in [1.29, 1.82) is 0 Å². The van der Waals surface area contributed by atoms with E-state index >= 15 is 0 Å². The molecular formula is C23H19ClN6O3S2. The van der Waals surface area contributed by atoms with E-state index in [1.165, 1.54) is 23.6 Å². The number of halogens is 1. The lowest BCUT2D eigenvalue weighted by atomic mass is 9.95. The highest BCUT2D eigenvalue weighted by atomic mass is 35.5. The van der Waals surface area contributed by atoms with E-state index in [9.17, 15) is 14.4 Å². The van der Waals surface area contributed by atoms with Gasteiger partial charge in [-0.3, -0.25) is 19.3 Å².